The first-order valence-electron chi connectivity index (χ1n) is 1.87. The summed E-state index contributed by atoms with van der Waals surface area (Å²) in [6.45, 7) is 0. The third-order valence-electron chi connectivity index (χ3n) is 0.626. The van der Waals surface area contributed by atoms with Crippen molar-refractivity contribution in [2.75, 3.05) is 11.5 Å². The van der Waals surface area contributed by atoms with Gasteiger partial charge in [-0.25, -0.2) is 4.98 Å². The Hall–Kier alpha value is -0.290. The lowest BCUT2D eigenvalue weighted by Gasteiger charge is -1.76. The second-order valence-electron chi connectivity index (χ2n) is 1.21. The number of nitrogens with zero attached hydrogens (tertiary/aromatic N) is 1. The number of hydrogen-bond donors (Lipinski definition) is 2. The van der Waals surface area contributed by atoms with Gasteiger partial charge in [0.1, 0.15) is 9.60 Å². The van der Waals surface area contributed by atoms with Crippen LogP contribution in [0.5, 0.6) is 0 Å². The fourth-order valence-corrected chi connectivity index (χ4v) is 1.37. The molecule has 0 saturated heterocycles. The van der Waals surface area contributed by atoms with E-state index in [2.05, 4.69) is 20.9 Å². The first kappa shape index (κ1) is 5.84. The predicted octanol–water partition coefficient (Wildman–Crippen LogP) is 1.07. The molecule has 1 rings (SSSR count). The van der Waals surface area contributed by atoms with Crippen LogP contribution in [0, 0.1) is 0 Å². The molecule has 0 aliphatic heterocycles. The Morgan fingerprint density at radius 3 is 2.25 bits per heavy atom. The van der Waals surface area contributed by atoms with Crippen LogP contribution >= 0.6 is 27.3 Å². The van der Waals surface area contributed by atoms with Gasteiger partial charge >= 0.3 is 0 Å². The summed E-state index contributed by atoms with van der Waals surface area (Å²) in [5.74, 6) is 0. The molecule has 0 aliphatic rings. The molecule has 5 heteroatoms. The maximum atomic E-state index is 5.37. The SMILES string of the molecule is Nc1nc(Br)c(N)s1. The van der Waals surface area contributed by atoms with E-state index in [1.165, 1.54) is 11.3 Å². The number of aromatic nitrogens is 1. The number of hydrogen-bond acceptors (Lipinski definition) is 4. The number of anilines is 2. The minimum Gasteiger partial charge on any atom is -0.388 e. The number of thiazole rings is 1. The molecule has 1 aromatic heterocycles. The van der Waals surface area contributed by atoms with Gasteiger partial charge in [-0.3, -0.25) is 0 Å². The number of nitrogen functional groups attached to an aromatic ring is 2. The molecule has 0 fully saturated rings. The lowest BCUT2D eigenvalue weighted by molar-refractivity contribution is 1.37. The van der Waals surface area contributed by atoms with Crippen LogP contribution < -0.4 is 11.5 Å². The molecule has 44 valence electrons. The quantitative estimate of drug-likeness (QED) is 0.649. The van der Waals surface area contributed by atoms with Gasteiger partial charge in [0.05, 0.1) is 0 Å². The molecule has 0 unspecified atom stereocenters. The minimum atomic E-state index is 0.495. The molecule has 0 atom stereocenters. The van der Waals surface area contributed by atoms with Crippen molar-refractivity contribution >= 4 is 37.4 Å². The summed E-state index contributed by atoms with van der Waals surface area (Å²) in [5.41, 5.74) is 10.6. The first-order chi connectivity index (χ1) is 3.70. The summed E-state index contributed by atoms with van der Waals surface area (Å²) < 4.78 is 0.639. The van der Waals surface area contributed by atoms with E-state index in [1.54, 1.807) is 0 Å². The largest absolute Gasteiger partial charge is 0.388 e. The van der Waals surface area contributed by atoms with E-state index in [0.717, 1.165) is 0 Å². The van der Waals surface area contributed by atoms with E-state index in [1.807, 2.05) is 0 Å². The molecule has 0 bridgehead atoms. The van der Waals surface area contributed by atoms with Crippen LogP contribution in [-0.4, -0.2) is 4.98 Å². The van der Waals surface area contributed by atoms with E-state index in [-0.39, 0.29) is 0 Å². The molecule has 0 radical (unpaired) electrons. The average Bonchev–Trinajstić information content (AvgIpc) is 1.85. The summed E-state index contributed by atoms with van der Waals surface area (Å²) in [7, 11) is 0. The van der Waals surface area contributed by atoms with Gasteiger partial charge in [0.15, 0.2) is 5.13 Å². The van der Waals surface area contributed by atoms with Crippen molar-refractivity contribution in [3.05, 3.63) is 4.60 Å². The Balaban J connectivity index is 3.14. The third-order valence-corrected chi connectivity index (χ3v) is 2.21. The highest BCUT2D eigenvalue weighted by Crippen LogP contribution is 2.26. The van der Waals surface area contributed by atoms with Gasteiger partial charge in [-0.2, -0.15) is 0 Å². The highest BCUT2D eigenvalue weighted by molar-refractivity contribution is 9.10. The minimum absolute atomic E-state index is 0.495. The van der Waals surface area contributed by atoms with Crippen molar-refractivity contribution < 1.29 is 0 Å². The summed E-state index contributed by atoms with van der Waals surface area (Å²) in [5, 5.41) is 1.12. The van der Waals surface area contributed by atoms with Crippen molar-refractivity contribution in [1.82, 2.24) is 4.98 Å². The monoisotopic (exact) mass is 193 g/mol. The molecular weight excluding hydrogens is 190 g/mol. The second kappa shape index (κ2) is 1.91. The van der Waals surface area contributed by atoms with E-state index >= 15 is 0 Å². The van der Waals surface area contributed by atoms with Gasteiger partial charge in [0.2, 0.25) is 0 Å². The van der Waals surface area contributed by atoms with E-state index in [9.17, 15) is 0 Å². The fourth-order valence-electron chi connectivity index (χ4n) is 0.329. The van der Waals surface area contributed by atoms with Crippen LogP contribution in [-0.2, 0) is 0 Å². The molecule has 3 nitrogen and oxygen atoms in total. The van der Waals surface area contributed by atoms with Crippen LogP contribution in [0.3, 0.4) is 0 Å². The topological polar surface area (TPSA) is 64.9 Å². The number of rotatable bonds is 0. The number of nitrogens with two attached hydrogens (primary N) is 2. The van der Waals surface area contributed by atoms with E-state index in [0.29, 0.717) is 14.7 Å². The standard InChI is InChI=1S/C3H4BrN3S/c4-1-2(5)8-3(6)7-1/h5H2,(H2,6,7). The maximum absolute atomic E-state index is 5.37. The van der Waals surface area contributed by atoms with Gasteiger partial charge in [-0.05, 0) is 15.9 Å². The fraction of sp³-hybridized carbons (Fsp3) is 0. The molecule has 0 aliphatic carbocycles. The van der Waals surface area contributed by atoms with Crippen LogP contribution in [0.25, 0.3) is 0 Å². The molecule has 0 amide bonds. The smallest absolute Gasteiger partial charge is 0.183 e. The second-order valence-corrected chi connectivity index (χ2v) is 3.02. The van der Waals surface area contributed by atoms with Gasteiger partial charge < -0.3 is 11.5 Å². The lowest BCUT2D eigenvalue weighted by atomic mass is 10.9. The zero-order valence-electron chi connectivity index (χ0n) is 3.89. The Morgan fingerprint density at radius 2 is 2.12 bits per heavy atom. The molecule has 4 N–H and O–H groups in total. The normalized spacial score (nSPS) is 9.62. The summed E-state index contributed by atoms with van der Waals surface area (Å²) in [6.07, 6.45) is 0. The number of halogens is 1. The molecule has 0 saturated carbocycles. The molecule has 8 heavy (non-hydrogen) atoms. The van der Waals surface area contributed by atoms with Crippen molar-refractivity contribution in [1.29, 1.82) is 0 Å². The Bertz CT molecular complexity index is 177. The first-order valence-corrected chi connectivity index (χ1v) is 3.48. The van der Waals surface area contributed by atoms with Crippen molar-refractivity contribution in [3.63, 3.8) is 0 Å². The highest BCUT2D eigenvalue weighted by Gasteiger charge is 1.99. The zero-order valence-corrected chi connectivity index (χ0v) is 6.29. The third kappa shape index (κ3) is 0.924. The summed E-state index contributed by atoms with van der Waals surface area (Å²) >= 11 is 4.38. The average molecular weight is 194 g/mol. The van der Waals surface area contributed by atoms with Crippen molar-refractivity contribution in [2.24, 2.45) is 0 Å². The lowest BCUT2D eigenvalue weighted by Crippen LogP contribution is -1.79. The molecule has 0 spiro atoms. The molecule has 1 aromatic rings. The van der Waals surface area contributed by atoms with Gasteiger partial charge in [0, 0.05) is 0 Å². The maximum Gasteiger partial charge on any atom is 0.183 e. The van der Waals surface area contributed by atoms with Gasteiger partial charge in [-0.1, -0.05) is 11.3 Å². The predicted molar refractivity (Wildman–Crippen MR) is 38.6 cm³/mol. The zero-order chi connectivity index (χ0) is 6.15. The highest BCUT2D eigenvalue weighted by atomic mass is 79.9. The van der Waals surface area contributed by atoms with Crippen LogP contribution in [0.4, 0.5) is 10.1 Å². The van der Waals surface area contributed by atoms with Crippen LogP contribution in [0.2, 0.25) is 0 Å². The molecular formula is C3H4BrN3S. The summed E-state index contributed by atoms with van der Waals surface area (Å²) in [4.78, 5) is 3.80. The van der Waals surface area contributed by atoms with Crippen LogP contribution in [0.15, 0.2) is 4.60 Å². The van der Waals surface area contributed by atoms with Gasteiger partial charge in [0.25, 0.3) is 0 Å². The van der Waals surface area contributed by atoms with Crippen molar-refractivity contribution in [3.8, 4) is 0 Å². The Labute approximate surface area is 58.8 Å². The van der Waals surface area contributed by atoms with E-state index < -0.39 is 0 Å². The van der Waals surface area contributed by atoms with Crippen LogP contribution in [0.1, 0.15) is 0 Å². The summed E-state index contributed by atoms with van der Waals surface area (Å²) in [6, 6.07) is 0. The Kier molecular flexibility index (Phi) is 1.39. The molecule has 1 heterocycles. The van der Waals surface area contributed by atoms with E-state index in [4.69, 9.17) is 11.5 Å². The van der Waals surface area contributed by atoms with Crippen molar-refractivity contribution in [2.45, 2.75) is 0 Å². The Morgan fingerprint density at radius 1 is 1.50 bits per heavy atom. The molecule has 0 aromatic carbocycles. The van der Waals surface area contributed by atoms with Gasteiger partial charge in [-0.15, -0.1) is 0 Å².